The molecule has 1 saturated heterocycles. The summed E-state index contributed by atoms with van der Waals surface area (Å²) >= 11 is 0. The molecule has 0 atom stereocenters. The van der Waals surface area contributed by atoms with Crippen LogP contribution in [0.2, 0.25) is 0 Å². The predicted molar refractivity (Wildman–Crippen MR) is 106 cm³/mol. The maximum Gasteiger partial charge on any atom is 0.409 e. The van der Waals surface area contributed by atoms with Gasteiger partial charge < -0.3 is 20.3 Å². The molecule has 28 heavy (non-hydrogen) atoms. The van der Waals surface area contributed by atoms with Crippen LogP contribution in [-0.4, -0.2) is 52.6 Å². The van der Waals surface area contributed by atoms with E-state index in [9.17, 15) is 9.59 Å². The highest BCUT2D eigenvalue weighted by Crippen LogP contribution is 2.16. The fraction of sp³-hybridized carbons (Fsp3) is 0.400. The Morgan fingerprint density at radius 1 is 1.18 bits per heavy atom. The lowest BCUT2D eigenvalue weighted by Crippen LogP contribution is -2.46. The van der Waals surface area contributed by atoms with Gasteiger partial charge in [-0.05, 0) is 38.8 Å². The van der Waals surface area contributed by atoms with Gasteiger partial charge in [0.15, 0.2) is 0 Å². The zero-order valence-corrected chi connectivity index (χ0v) is 16.1. The molecule has 2 N–H and O–H groups in total. The van der Waals surface area contributed by atoms with Crippen LogP contribution in [0, 0.1) is 6.92 Å². The van der Waals surface area contributed by atoms with Crippen molar-refractivity contribution in [1.29, 1.82) is 0 Å². The van der Waals surface area contributed by atoms with E-state index in [0.717, 1.165) is 5.69 Å². The second-order valence-corrected chi connectivity index (χ2v) is 6.71. The lowest BCUT2D eigenvalue weighted by molar-refractivity contribution is 0.0856. The first-order valence-corrected chi connectivity index (χ1v) is 9.43. The maximum absolute atomic E-state index is 12.5. The summed E-state index contributed by atoms with van der Waals surface area (Å²) in [5, 5.41) is 6.16. The molecule has 8 heteroatoms. The topological polar surface area (TPSA) is 96.5 Å². The fourth-order valence-corrected chi connectivity index (χ4v) is 3.02. The van der Waals surface area contributed by atoms with E-state index in [-0.39, 0.29) is 18.0 Å². The van der Waals surface area contributed by atoms with Crippen molar-refractivity contribution >= 4 is 23.5 Å². The van der Waals surface area contributed by atoms with Gasteiger partial charge in [-0.25, -0.2) is 14.8 Å². The number of carbonyl (C=O) groups is 2. The number of ether oxygens (including phenoxy) is 1. The summed E-state index contributed by atoms with van der Waals surface area (Å²) in [4.78, 5) is 34.2. The summed E-state index contributed by atoms with van der Waals surface area (Å²) < 4.78 is 5.01. The van der Waals surface area contributed by atoms with Crippen molar-refractivity contribution in [3.63, 3.8) is 0 Å². The van der Waals surface area contributed by atoms with E-state index in [0.29, 0.717) is 44.0 Å². The Bertz CT molecular complexity index is 817. The Balaban J connectivity index is 1.55. The van der Waals surface area contributed by atoms with Crippen LogP contribution in [0.25, 0.3) is 0 Å². The van der Waals surface area contributed by atoms with E-state index in [4.69, 9.17) is 4.74 Å². The van der Waals surface area contributed by atoms with Crippen LogP contribution in [0.5, 0.6) is 0 Å². The summed E-state index contributed by atoms with van der Waals surface area (Å²) in [5.41, 5.74) is 2.36. The Labute approximate surface area is 164 Å². The molecule has 1 aromatic carbocycles. The highest BCUT2D eigenvalue weighted by atomic mass is 16.6. The number of benzene rings is 1. The van der Waals surface area contributed by atoms with E-state index < -0.39 is 0 Å². The van der Waals surface area contributed by atoms with Gasteiger partial charge >= 0.3 is 6.09 Å². The molecule has 2 amide bonds. The van der Waals surface area contributed by atoms with Gasteiger partial charge in [-0.1, -0.05) is 17.7 Å². The summed E-state index contributed by atoms with van der Waals surface area (Å²) in [6.45, 7) is 5.30. The standard InChI is InChI=1S/C20H25N5O3/c1-3-28-20(27)25-10-8-16(9-11-25)24-19(26)17-12-18(22-13-21-17)23-15-6-4-14(2)5-7-15/h4-7,12-13,16H,3,8-11H2,1-2H3,(H,24,26)(H,21,22,23). The van der Waals surface area contributed by atoms with Crippen LogP contribution in [0.3, 0.4) is 0 Å². The molecule has 0 unspecified atom stereocenters. The number of aryl methyl sites for hydroxylation is 1. The molecule has 1 fully saturated rings. The summed E-state index contributed by atoms with van der Waals surface area (Å²) in [7, 11) is 0. The first kappa shape index (κ1) is 19.6. The lowest BCUT2D eigenvalue weighted by atomic mass is 10.1. The van der Waals surface area contributed by atoms with Crippen molar-refractivity contribution in [2.75, 3.05) is 25.0 Å². The number of amides is 2. The summed E-state index contributed by atoms with van der Waals surface area (Å²) in [6, 6.07) is 9.53. The molecule has 1 aromatic heterocycles. The molecule has 2 heterocycles. The van der Waals surface area contributed by atoms with Crippen LogP contribution in [0.15, 0.2) is 36.7 Å². The van der Waals surface area contributed by atoms with Gasteiger partial charge in [-0.15, -0.1) is 0 Å². The van der Waals surface area contributed by atoms with E-state index in [2.05, 4.69) is 20.6 Å². The van der Waals surface area contributed by atoms with E-state index in [1.54, 1.807) is 17.9 Å². The molecule has 0 radical (unpaired) electrons. The Hall–Kier alpha value is -3.16. The third kappa shape index (κ3) is 5.18. The second kappa shape index (κ2) is 9.16. The minimum atomic E-state index is -0.296. The number of likely N-dealkylation sites (tertiary alicyclic amines) is 1. The normalized spacial score (nSPS) is 14.4. The molecule has 0 bridgehead atoms. The summed E-state index contributed by atoms with van der Waals surface area (Å²) in [5.74, 6) is 0.310. The van der Waals surface area contributed by atoms with Crippen LogP contribution in [-0.2, 0) is 4.74 Å². The minimum absolute atomic E-state index is 0.00153. The number of hydrogen-bond donors (Lipinski definition) is 2. The molecule has 1 aliphatic heterocycles. The number of nitrogens with one attached hydrogen (secondary N) is 2. The van der Waals surface area contributed by atoms with Crippen molar-refractivity contribution in [3.05, 3.63) is 47.9 Å². The highest BCUT2D eigenvalue weighted by Gasteiger charge is 2.25. The van der Waals surface area contributed by atoms with Crippen molar-refractivity contribution < 1.29 is 14.3 Å². The minimum Gasteiger partial charge on any atom is -0.450 e. The van der Waals surface area contributed by atoms with Gasteiger partial charge in [0.25, 0.3) is 5.91 Å². The van der Waals surface area contributed by atoms with Gasteiger partial charge in [0.05, 0.1) is 6.61 Å². The molecule has 8 nitrogen and oxygen atoms in total. The monoisotopic (exact) mass is 383 g/mol. The molecular formula is C20H25N5O3. The number of carbonyl (C=O) groups excluding carboxylic acids is 2. The molecule has 148 valence electrons. The van der Waals surface area contributed by atoms with Crippen molar-refractivity contribution in [2.45, 2.75) is 32.7 Å². The van der Waals surface area contributed by atoms with Gasteiger partial charge in [-0.3, -0.25) is 4.79 Å². The van der Waals surface area contributed by atoms with Gasteiger partial charge in [-0.2, -0.15) is 0 Å². The zero-order valence-electron chi connectivity index (χ0n) is 16.1. The zero-order chi connectivity index (χ0) is 19.9. The maximum atomic E-state index is 12.5. The third-order valence-electron chi connectivity index (χ3n) is 4.58. The van der Waals surface area contributed by atoms with Gasteiger partial charge in [0.1, 0.15) is 17.8 Å². The highest BCUT2D eigenvalue weighted by molar-refractivity contribution is 5.93. The smallest absolute Gasteiger partial charge is 0.409 e. The van der Waals surface area contributed by atoms with Gasteiger partial charge in [0, 0.05) is 30.9 Å². The fourth-order valence-electron chi connectivity index (χ4n) is 3.02. The molecule has 2 aromatic rings. The van der Waals surface area contributed by atoms with Crippen LogP contribution in [0.1, 0.15) is 35.8 Å². The first-order valence-electron chi connectivity index (χ1n) is 9.43. The first-order chi connectivity index (χ1) is 13.5. The van der Waals surface area contributed by atoms with Crippen molar-refractivity contribution in [2.24, 2.45) is 0 Å². The van der Waals surface area contributed by atoms with Crippen LogP contribution < -0.4 is 10.6 Å². The predicted octanol–water partition coefficient (Wildman–Crippen LogP) is 2.88. The summed E-state index contributed by atoms with van der Waals surface area (Å²) in [6.07, 6.45) is 2.44. The van der Waals surface area contributed by atoms with E-state index in [1.165, 1.54) is 11.9 Å². The van der Waals surface area contributed by atoms with Gasteiger partial charge in [0.2, 0.25) is 0 Å². The van der Waals surface area contributed by atoms with E-state index >= 15 is 0 Å². The average Bonchev–Trinajstić information content (AvgIpc) is 2.71. The number of piperidine rings is 1. The van der Waals surface area contributed by atoms with Crippen molar-refractivity contribution in [3.8, 4) is 0 Å². The molecule has 1 aliphatic rings. The molecule has 0 aliphatic carbocycles. The van der Waals surface area contributed by atoms with Crippen LogP contribution in [0.4, 0.5) is 16.3 Å². The number of hydrogen-bond acceptors (Lipinski definition) is 6. The largest absolute Gasteiger partial charge is 0.450 e. The van der Waals surface area contributed by atoms with Crippen LogP contribution >= 0.6 is 0 Å². The number of nitrogens with zero attached hydrogens (tertiary/aromatic N) is 3. The molecular weight excluding hydrogens is 358 g/mol. The molecule has 3 rings (SSSR count). The van der Waals surface area contributed by atoms with E-state index in [1.807, 2.05) is 31.2 Å². The Kier molecular flexibility index (Phi) is 6.41. The van der Waals surface area contributed by atoms with Crippen molar-refractivity contribution in [1.82, 2.24) is 20.2 Å². The second-order valence-electron chi connectivity index (χ2n) is 6.71. The third-order valence-corrected chi connectivity index (χ3v) is 4.58. The Morgan fingerprint density at radius 3 is 2.57 bits per heavy atom. The number of aromatic nitrogens is 2. The Morgan fingerprint density at radius 2 is 1.89 bits per heavy atom. The molecule has 0 spiro atoms. The molecule has 0 saturated carbocycles. The average molecular weight is 383 g/mol. The SMILES string of the molecule is CCOC(=O)N1CCC(NC(=O)c2cc(Nc3ccc(C)cc3)ncn2)CC1. The quantitative estimate of drug-likeness (QED) is 0.824. The lowest BCUT2D eigenvalue weighted by Gasteiger charge is -2.31. The number of rotatable bonds is 5. The number of anilines is 2.